The number of hydrogen-bond acceptors (Lipinski definition) is 6. The Labute approximate surface area is 130 Å². The molecule has 0 aliphatic heterocycles. The summed E-state index contributed by atoms with van der Waals surface area (Å²) in [6.07, 6.45) is -4.67. The SMILES string of the molecule is O=C([O-])[O-].O=C([O-])[O-].[Sr+2].[Sr+2]. The molecule has 0 N–H and O–H groups in total. The molecule has 0 bridgehead atoms. The van der Waals surface area contributed by atoms with Crippen molar-refractivity contribution in [1.82, 2.24) is 0 Å². The fourth-order valence-electron chi connectivity index (χ4n) is 0. The molecule has 0 saturated carbocycles. The fraction of sp³-hybridized carbons (Fsp3) is 0. The molecule has 0 amide bonds. The summed E-state index contributed by atoms with van der Waals surface area (Å²) in [4.78, 5) is 16.7. The van der Waals surface area contributed by atoms with Gasteiger partial charge in [-0.25, -0.2) is 0 Å². The Hall–Kier alpha value is 1.50. The molecule has 0 fully saturated rings. The van der Waals surface area contributed by atoms with Gasteiger partial charge in [-0.2, -0.15) is 0 Å². The van der Waals surface area contributed by atoms with Crippen LogP contribution in [-0.4, -0.2) is 103 Å². The maximum atomic E-state index is 8.33. The molecule has 0 rings (SSSR count). The van der Waals surface area contributed by atoms with Gasteiger partial charge in [0.05, 0.1) is 0 Å². The second-order valence-corrected chi connectivity index (χ2v) is 0.500. The number of rotatable bonds is 0. The molecule has 0 heterocycles. The third-order valence-electron chi connectivity index (χ3n) is 0. The summed E-state index contributed by atoms with van der Waals surface area (Å²) in [7, 11) is 0. The molecule has 6 nitrogen and oxygen atoms in total. The molecule has 0 spiro atoms. The standard InChI is InChI=1S/2CH2O3.2Sr/c2*2-1(3)4;;/h2*(H2,2,3,4);;/q;;2*+2/p-4. The zero-order chi connectivity index (χ0) is 7.15. The van der Waals surface area contributed by atoms with E-state index in [4.69, 9.17) is 30.0 Å². The monoisotopic (exact) mass is 296 g/mol. The van der Waals surface area contributed by atoms with Crippen LogP contribution in [0.15, 0.2) is 0 Å². The van der Waals surface area contributed by atoms with Crippen molar-refractivity contribution in [2.75, 3.05) is 0 Å². The third-order valence-corrected chi connectivity index (χ3v) is 0. The van der Waals surface area contributed by atoms with Crippen LogP contribution in [0, 0.1) is 0 Å². The largest absolute Gasteiger partial charge is 2.00 e. The van der Waals surface area contributed by atoms with E-state index in [1.807, 2.05) is 0 Å². The maximum absolute atomic E-state index is 8.33. The van der Waals surface area contributed by atoms with Gasteiger partial charge in [-0.1, -0.05) is 0 Å². The summed E-state index contributed by atoms with van der Waals surface area (Å²) in [5, 5.41) is 33.3. The van der Waals surface area contributed by atoms with Crippen molar-refractivity contribution in [2.24, 2.45) is 0 Å². The summed E-state index contributed by atoms with van der Waals surface area (Å²) in [5.74, 6) is 0. The van der Waals surface area contributed by atoms with Gasteiger partial charge in [0.2, 0.25) is 0 Å². The molecule has 0 saturated heterocycles. The fourth-order valence-corrected chi connectivity index (χ4v) is 0. The van der Waals surface area contributed by atoms with Gasteiger partial charge < -0.3 is 30.0 Å². The van der Waals surface area contributed by atoms with Crippen molar-refractivity contribution in [3.8, 4) is 0 Å². The molecular weight excluding hydrogens is 295 g/mol. The van der Waals surface area contributed by atoms with E-state index >= 15 is 0 Å². The van der Waals surface area contributed by atoms with E-state index in [-0.39, 0.29) is 91.0 Å². The molecule has 0 aliphatic rings. The summed E-state index contributed by atoms with van der Waals surface area (Å²) in [6.45, 7) is 0. The summed E-state index contributed by atoms with van der Waals surface area (Å²) in [6, 6.07) is 0. The zero-order valence-electron chi connectivity index (χ0n) is 4.86. The summed E-state index contributed by atoms with van der Waals surface area (Å²) >= 11 is 0. The predicted octanol–water partition coefficient (Wildman–Crippen LogP) is -5.66. The van der Waals surface area contributed by atoms with Crippen LogP contribution in [0.2, 0.25) is 0 Å². The first-order valence-electron chi connectivity index (χ1n) is 1.22. The topological polar surface area (TPSA) is 126 Å². The van der Waals surface area contributed by atoms with Gasteiger partial charge >= 0.3 is 91.0 Å². The van der Waals surface area contributed by atoms with Crippen LogP contribution in [0.25, 0.3) is 0 Å². The van der Waals surface area contributed by atoms with Crippen molar-refractivity contribution in [1.29, 1.82) is 0 Å². The van der Waals surface area contributed by atoms with Crippen LogP contribution in [0.3, 0.4) is 0 Å². The van der Waals surface area contributed by atoms with Crippen molar-refractivity contribution in [3.05, 3.63) is 0 Å². The van der Waals surface area contributed by atoms with E-state index in [9.17, 15) is 0 Å². The Morgan fingerprint density at radius 1 is 0.700 bits per heavy atom. The first-order valence-corrected chi connectivity index (χ1v) is 1.22. The second kappa shape index (κ2) is 16.8. The summed E-state index contributed by atoms with van der Waals surface area (Å²) in [5.41, 5.74) is 0. The molecular formula is C2O6Sr2. The van der Waals surface area contributed by atoms with E-state index in [0.29, 0.717) is 0 Å². The average molecular weight is 295 g/mol. The number of carbonyl (C=O) groups is 2. The van der Waals surface area contributed by atoms with Gasteiger partial charge in [-0.15, -0.1) is 0 Å². The van der Waals surface area contributed by atoms with E-state index < -0.39 is 12.3 Å². The number of hydrogen-bond donors (Lipinski definition) is 0. The Balaban J connectivity index is -0.0000000300. The Bertz CT molecular complexity index is 71.7. The van der Waals surface area contributed by atoms with E-state index in [2.05, 4.69) is 0 Å². The van der Waals surface area contributed by atoms with Crippen LogP contribution in [0.5, 0.6) is 0 Å². The quantitative estimate of drug-likeness (QED) is 0.410. The van der Waals surface area contributed by atoms with Gasteiger partial charge in [-0.05, 0) is 12.3 Å². The van der Waals surface area contributed by atoms with Gasteiger partial charge in [0.1, 0.15) is 0 Å². The Morgan fingerprint density at radius 3 is 0.700 bits per heavy atom. The predicted molar refractivity (Wildman–Crippen MR) is 22.3 cm³/mol. The number of carboxylic acid groups (broad SMARTS) is 4. The van der Waals surface area contributed by atoms with E-state index in [1.165, 1.54) is 0 Å². The Morgan fingerprint density at radius 2 is 0.700 bits per heavy atom. The molecule has 0 aliphatic carbocycles. The minimum absolute atomic E-state index is 0. The first-order chi connectivity index (χ1) is 3.46. The molecule has 0 aromatic carbocycles. The molecule has 8 heteroatoms. The molecule has 10 heavy (non-hydrogen) atoms. The first kappa shape index (κ1) is 22.5. The molecule has 0 aromatic heterocycles. The minimum atomic E-state index is -2.33. The van der Waals surface area contributed by atoms with Crippen LogP contribution in [0.4, 0.5) is 9.59 Å². The van der Waals surface area contributed by atoms with E-state index in [0.717, 1.165) is 0 Å². The van der Waals surface area contributed by atoms with Gasteiger partial charge in [0.25, 0.3) is 0 Å². The minimum Gasteiger partial charge on any atom is -0.652 e. The van der Waals surface area contributed by atoms with Gasteiger partial charge in [0, 0.05) is 0 Å². The number of carbonyl (C=O) groups excluding carboxylic acids is 2. The van der Waals surface area contributed by atoms with Gasteiger partial charge in [-0.3, -0.25) is 0 Å². The zero-order valence-corrected chi connectivity index (χ0v) is 11.8. The smallest absolute Gasteiger partial charge is 0.652 e. The Kier molecular flexibility index (Phi) is 38.0. The van der Waals surface area contributed by atoms with Crippen LogP contribution >= 0.6 is 0 Å². The molecule has 0 radical (unpaired) electrons. The molecule has 0 aromatic rings. The van der Waals surface area contributed by atoms with E-state index in [1.54, 1.807) is 0 Å². The van der Waals surface area contributed by atoms with Crippen molar-refractivity contribution in [2.45, 2.75) is 0 Å². The summed E-state index contributed by atoms with van der Waals surface area (Å²) < 4.78 is 0. The second-order valence-electron chi connectivity index (χ2n) is 0.500. The van der Waals surface area contributed by atoms with Crippen molar-refractivity contribution < 1.29 is 30.0 Å². The maximum Gasteiger partial charge on any atom is 2.00 e. The molecule has 48 valence electrons. The van der Waals surface area contributed by atoms with Crippen LogP contribution in [0.1, 0.15) is 0 Å². The molecule has 0 atom stereocenters. The van der Waals surface area contributed by atoms with Crippen LogP contribution in [-0.2, 0) is 0 Å². The van der Waals surface area contributed by atoms with Crippen molar-refractivity contribution in [3.63, 3.8) is 0 Å². The normalized spacial score (nSPS) is 4.80. The average Bonchev–Trinajstić information content (AvgIpc) is 1.25. The van der Waals surface area contributed by atoms with Crippen LogP contribution < -0.4 is 20.4 Å². The van der Waals surface area contributed by atoms with Gasteiger partial charge in [0.15, 0.2) is 0 Å². The molecule has 0 unspecified atom stereocenters. The third kappa shape index (κ3) is 305. The van der Waals surface area contributed by atoms with Crippen molar-refractivity contribution >= 4 is 103 Å².